The van der Waals surface area contributed by atoms with Gasteiger partial charge in [-0.3, -0.25) is 4.72 Å². The lowest BCUT2D eigenvalue weighted by Gasteiger charge is -2.09. The van der Waals surface area contributed by atoms with Gasteiger partial charge in [-0.05, 0) is 11.6 Å². The maximum absolute atomic E-state index is 13.7. The van der Waals surface area contributed by atoms with Gasteiger partial charge >= 0.3 is 0 Å². The summed E-state index contributed by atoms with van der Waals surface area (Å²) in [5.74, 6) is 0.175. The van der Waals surface area contributed by atoms with E-state index in [0.717, 1.165) is 17.1 Å². The Hall–Kier alpha value is -2.64. The van der Waals surface area contributed by atoms with Crippen molar-refractivity contribution in [2.24, 2.45) is 0 Å². The van der Waals surface area contributed by atoms with E-state index in [0.29, 0.717) is 22.0 Å². The zero-order valence-corrected chi connectivity index (χ0v) is 15.7. The fourth-order valence-corrected chi connectivity index (χ4v) is 4.35. The van der Waals surface area contributed by atoms with Crippen molar-refractivity contribution in [3.63, 3.8) is 0 Å². The monoisotopic (exact) mass is 398 g/mol. The van der Waals surface area contributed by atoms with E-state index in [2.05, 4.69) is 9.71 Å². The second kappa shape index (κ2) is 7.94. The summed E-state index contributed by atoms with van der Waals surface area (Å²) < 4.78 is 34.8. The van der Waals surface area contributed by atoms with Gasteiger partial charge in [0.05, 0.1) is 11.9 Å². The van der Waals surface area contributed by atoms with Crippen LogP contribution in [0.2, 0.25) is 0 Å². The fourth-order valence-electron chi connectivity index (χ4n) is 2.54. The van der Waals surface area contributed by atoms with Gasteiger partial charge in [0.1, 0.15) is 16.4 Å². The van der Waals surface area contributed by atoms with Crippen molar-refractivity contribution >= 4 is 39.4 Å². The number of nitrogens with zero attached hydrogens (tertiary/aromatic N) is 1. The van der Waals surface area contributed by atoms with Crippen LogP contribution in [0.15, 0.2) is 87.5 Å². The molecule has 0 bridgehead atoms. The maximum Gasteiger partial charge on any atom is 0.212 e. The zero-order chi connectivity index (χ0) is 18.6. The lowest BCUT2D eigenvalue weighted by molar-refractivity contribution is 0.504. The lowest BCUT2D eigenvalue weighted by Crippen LogP contribution is -2.06. The minimum atomic E-state index is -1.67. The normalized spacial score (nSPS) is 12.2. The number of benzene rings is 2. The first-order valence-corrected chi connectivity index (χ1v) is 10.3. The van der Waals surface area contributed by atoms with Gasteiger partial charge in [0.2, 0.25) is 5.09 Å². The summed E-state index contributed by atoms with van der Waals surface area (Å²) >= 11 is 1.45. The first kappa shape index (κ1) is 17.8. The van der Waals surface area contributed by atoms with Gasteiger partial charge in [0.25, 0.3) is 0 Å². The molecule has 0 fully saturated rings. The Labute approximate surface area is 162 Å². The zero-order valence-electron chi connectivity index (χ0n) is 14.1. The van der Waals surface area contributed by atoms with Crippen molar-refractivity contribution < 1.29 is 13.0 Å². The van der Waals surface area contributed by atoms with Gasteiger partial charge in [-0.25, -0.2) is 13.6 Å². The summed E-state index contributed by atoms with van der Waals surface area (Å²) in [6.45, 7) is 0. The summed E-state index contributed by atoms with van der Waals surface area (Å²) in [6.07, 6.45) is 1.16. The van der Waals surface area contributed by atoms with Gasteiger partial charge in [0, 0.05) is 23.3 Å². The summed E-state index contributed by atoms with van der Waals surface area (Å²) in [4.78, 5) is 4.14. The number of hydrogen-bond donors (Lipinski definition) is 1. The molecular weight excluding hydrogens is 383 g/mol. The van der Waals surface area contributed by atoms with Crippen molar-refractivity contribution in [1.82, 2.24) is 4.98 Å². The molecule has 0 aliphatic heterocycles. The molecule has 0 amide bonds. The highest BCUT2D eigenvalue weighted by atomic mass is 32.2. The number of rotatable bonds is 6. The van der Waals surface area contributed by atoms with Crippen LogP contribution in [-0.4, -0.2) is 9.19 Å². The molecule has 0 saturated heterocycles. The van der Waals surface area contributed by atoms with Crippen LogP contribution in [0, 0.1) is 5.82 Å². The van der Waals surface area contributed by atoms with Gasteiger partial charge in [0.15, 0.2) is 11.0 Å². The van der Waals surface area contributed by atoms with Crippen molar-refractivity contribution in [1.29, 1.82) is 0 Å². The topological polar surface area (TPSA) is 55.1 Å². The third kappa shape index (κ3) is 4.20. The number of fused-ring (bicyclic) bond motifs is 1. The van der Waals surface area contributed by atoms with E-state index < -0.39 is 16.8 Å². The summed E-state index contributed by atoms with van der Waals surface area (Å²) in [6, 6.07) is 20.3. The Morgan fingerprint density at radius 1 is 1.07 bits per heavy atom. The van der Waals surface area contributed by atoms with E-state index in [9.17, 15) is 8.60 Å². The third-order valence-corrected chi connectivity index (χ3v) is 5.87. The van der Waals surface area contributed by atoms with Crippen LogP contribution in [0.5, 0.6) is 0 Å². The van der Waals surface area contributed by atoms with Crippen LogP contribution in [0.3, 0.4) is 0 Å². The number of furan rings is 1. The second-order valence-corrected chi connectivity index (χ2v) is 7.86. The molecule has 1 N–H and O–H groups in total. The largest absolute Gasteiger partial charge is 0.445 e. The van der Waals surface area contributed by atoms with Crippen LogP contribution >= 0.6 is 11.8 Å². The van der Waals surface area contributed by atoms with E-state index in [1.54, 1.807) is 12.1 Å². The molecule has 27 heavy (non-hydrogen) atoms. The van der Waals surface area contributed by atoms with Crippen molar-refractivity contribution in [2.75, 3.05) is 4.72 Å². The molecule has 4 nitrogen and oxygen atoms in total. The van der Waals surface area contributed by atoms with Gasteiger partial charge in [-0.2, -0.15) is 0 Å². The quantitative estimate of drug-likeness (QED) is 0.442. The average Bonchev–Trinajstić information content (AvgIpc) is 3.13. The smallest absolute Gasteiger partial charge is 0.212 e. The Balaban J connectivity index is 1.55. The van der Waals surface area contributed by atoms with Gasteiger partial charge in [-0.15, -0.1) is 0 Å². The number of halogens is 1. The molecule has 2 aromatic carbocycles. The number of anilines is 1. The van der Waals surface area contributed by atoms with E-state index >= 15 is 0 Å². The maximum atomic E-state index is 13.7. The Bertz CT molecular complexity index is 1070. The van der Waals surface area contributed by atoms with E-state index in [1.807, 2.05) is 48.5 Å². The van der Waals surface area contributed by atoms with Crippen molar-refractivity contribution in [3.8, 4) is 0 Å². The fraction of sp³-hybridized carbons (Fsp3) is 0.0500. The number of para-hydroxylation sites is 1. The predicted octanol–water partition coefficient (Wildman–Crippen LogP) is 5.39. The SMILES string of the molecule is O=S(Nc1cc(F)cnc1SCc1ccccc1)c1cc2ccccc2o1. The second-order valence-electron chi connectivity index (χ2n) is 5.75. The number of aromatic nitrogens is 1. The minimum Gasteiger partial charge on any atom is -0.445 e. The predicted molar refractivity (Wildman–Crippen MR) is 106 cm³/mol. The third-order valence-electron chi connectivity index (χ3n) is 3.82. The van der Waals surface area contributed by atoms with Crippen LogP contribution < -0.4 is 4.72 Å². The highest BCUT2D eigenvalue weighted by molar-refractivity contribution is 7.98. The number of nitrogens with one attached hydrogen (secondary N) is 1. The van der Waals surface area contributed by atoms with Crippen LogP contribution in [0.4, 0.5) is 10.1 Å². The molecule has 4 rings (SSSR count). The first-order valence-electron chi connectivity index (χ1n) is 8.18. The van der Waals surface area contributed by atoms with Crippen LogP contribution in [-0.2, 0) is 16.7 Å². The average molecular weight is 398 g/mol. The lowest BCUT2D eigenvalue weighted by atomic mass is 10.2. The molecule has 0 spiro atoms. The molecule has 0 aliphatic rings. The van der Waals surface area contributed by atoms with Crippen LogP contribution in [0.1, 0.15) is 5.56 Å². The van der Waals surface area contributed by atoms with E-state index in [4.69, 9.17) is 4.42 Å². The highest BCUT2D eigenvalue weighted by Gasteiger charge is 2.14. The molecule has 1 unspecified atom stereocenters. The molecular formula is C20H15FN2O2S2. The van der Waals surface area contributed by atoms with E-state index in [-0.39, 0.29) is 5.09 Å². The van der Waals surface area contributed by atoms with Crippen molar-refractivity contribution in [3.05, 3.63) is 84.3 Å². The molecule has 136 valence electrons. The molecule has 1 atom stereocenters. The first-order chi connectivity index (χ1) is 13.2. The number of pyridine rings is 1. The number of thioether (sulfide) groups is 1. The van der Waals surface area contributed by atoms with Crippen LogP contribution in [0.25, 0.3) is 11.0 Å². The standard InChI is InChI=1S/C20H15FN2O2S2/c21-16-11-17(20(22-12-16)26-13-14-6-2-1-3-7-14)23-27(24)19-10-15-8-4-5-9-18(15)25-19/h1-12,23H,13H2. The van der Waals surface area contributed by atoms with Gasteiger partial charge in [-0.1, -0.05) is 60.3 Å². The molecule has 0 saturated carbocycles. The Morgan fingerprint density at radius 2 is 1.85 bits per heavy atom. The van der Waals surface area contributed by atoms with Gasteiger partial charge < -0.3 is 4.42 Å². The molecule has 0 aliphatic carbocycles. The Kier molecular flexibility index (Phi) is 5.22. The molecule has 7 heteroatoms. The summed E-state index contributed by atoms with van der Waals surface area (Å²) in [5.41, 5.74) is 2.14. The molecule has 2 heterocycles. The van der Waals surface area contributed by atoms with E-state index in [1.165, 1.54) is 17.8 Å². The summed E-state index contributed by atoms with van der Waals surface area (Å²) in [5, 5.41) is 1.71. The Morgan fingerprint density at radius 3 is 2.67 bits per heavy atom. The molecule has 0 radical (unpaired) electrons. The number of hydrogen-bond acceptors (Lipinski definition) is 4. The highest BCUT2D eigenvalue weighted by Crippen LogP contribution is 2.30. The molecule has 4 aromatic rings. The van der Waals surface area contributed by atoms with Crippen molar-refractivity contribution in [2.45, 2.75) is 15.9 Å². The minimum absolute atomic E-state index is 0.277. The summed E-state index contributed by atoms with van der Waals surface area (Å²) in [7, 11) is -1.67. The molecule has 2 aromatic heterocycles.